The van der Waals surface area contributed by atoms with Crippen LogP contribution in [0.25, 0.3) is 0 Å². The number of thioether (sulfide) groups is 1. The van der Waals surface area contributed by atoms with Crippen LogP contribution in [0.2, 0.25) is 0 Å². The van der Waals surface area contributed by atoms with Gasteiger partial charge in [0.1, 0.15) is 0 Å². The van der Waals surface area contributed by atoms with Gasteiger partial charge in [0.25, 0.3) is 0 Å². The summed E-state index contributed by atoms with van der Waals surface area (Å²) < 4.78 is 0. The molecule has 20 heavy (non-hydrogen) atoms. The van der Waals surface area contributed by atoms with Crippen LogP contribution in [0.1, 0.15) is 34.1 Å². The van der Waals surface area contributed by atoms with Crippen molar-refractivity contribution in [2.24, 2.45) is 5.41 Å². The summed E-state index contributed by atoms with van der Waals surface area (Å²) in [5.74, 6) is 2.51. The van der Waals surface area contributed by atoms with Crippen LogP contribution in [-0.2, 0) is 0 Å². The fourth-order valence-corrected chi connectivity index (χ4v) is 4.22. The van der Waals surface area contributed by atoms with Crippen molar-refractivity contribution in [2.75, 3.05) is 34.8 Å². The van der Waals surface area contributed by atoms with Crippen molar-refractivity contribution >= 4 is 23.1 Å². The van der Waals surface area contributed by atoms with Gasteiger partial charge in [-0.3, -0.25) is 0 Å². The summed E-state index contributed by atoms with van der Waals surface area (Å²) in [7, 11) is 0. The molecular formula is C17H28N2S. The van der Waals surface area contributed by atoms with Gasteiger partial charge in [0, 0.05) is 36.3 Å². The molecule has 1 aliphatic rings. The van der Waals surface area contributed by atoms with Gasteiger partial charge in [-0.25, -0.2) is 0 Å². The molecule has 2 rings (SSSR count). The zero-order chi connectivity index (χ0) is 14.6. The molecule has 0 amide bonds. The Kier molecular flexibility index (Phi) is 5.25. The Morgan fingerprint density at radius 2 is 1.85 bits per heavy atom. The lowest BCUT2D eigenvalue weighted by molar-refractivity contribution is 0.358. The van der Waals surface area contributed by atoms with Gasteiger partial charge in [0.05, 0.1) is 0 Å². The molecule has 1 saturated heterocycles. The predicted molar refractivity (Wildman–Crippen MR) is 93.1 cm³/mol. The standard InChI is InChI=1S/C17H28N2S/c1-5-19(6-2)16-9-7-14(8-10-16)18-15-11-17(3,4)13-20-12-15/h7-10,15,18H,5-6,11-13H2,1-4H3. The molecule has 0 aromatic heterocycles. The fourth-order valence-electron chi connectivity index (χ4n) is 2.95. The average Bonchev–Trinajstić information content (AvgIpc) is 2.41. The maximum absolute atomic E-state index is 3.70. The Hall–Kier alpha value is -0.830. The van der Waals surface area contributed by atoms with Crippen molar-refractivity contribution in [3.8, 4) is 0 Å². The van der Waals surface area contributed by atoms with Gasteiger partial charge in [-0.15, -0.1) is 0 Å². The molecule has 1 aromatic rings. The predicted octanol–water partition coefficient (Wildman–Crippen LogP) is 4.48. The molecule has 0 saturated carbocycles. The zero-order valence-corrected chi connectivity index (χ0v) is 14.1. The van der Waals surface area contributed by atoms with Crippen molar-refractivity contribution in [1.82, 2.24) is 0 Å². The molecule has 3 heteroatoms. The third-order valence-electron chi connectivity index (χ3n) is 3.98. The fraction of sp³-hybridized carbons (Fsp3) is 0.647. The second-order valence-electron chi connectivity index (χ2n) is 6.44. The highest BCUT2D eigenvalue weighted by atomic mass is 32.2. The summed E-state index contributed by atoms with van der Waals surface area (Å²) in [6, 6.07) is 9.51. The maximum atomic E-state index is 3.70. The summed E-state index contributed by atoms with van der Waals surface area (Å²) in [5, 5.41) is 3.70. The van der Waals surface area contributed by atoms with E-state index in [0.717, 1.165) is 13.1 Å². The normalized spacial score (nSPS) is 21.5. The van der Waals surface area contributed by atoms with E-state index in [1.54, 1.807) is 0 Å². The van der Waals surface area contributed by atoms with Crippen LogP contribution in [0.5, 0.6) is 0 Å². The van der Waals surface area contributed by atoms with E-state index >= 15 is 0 Å². The Morgan fingerprint density at radius 1 is 1.20 bits per heavy atom. The molecule has 1 aromatic carbocycles. The second kappa shape index (κ2) is 6.75. The molecule has 1 unspecified atom stereocenters. The Bertz CT molecular complexity index is 410. The highest BCUT2D eigenvalue weighted by Crippen LogP contribution is 2.34. The summed E-state index contributed by atoms with van der Waals surface area (Å²) in [4.78, 5) is 2.38. The average molecular weight is 292 g/mol. The molecule has 112 valence electrons. The van der Waals surface area contributed by atoms with Gasteiger partial charge in [0.2, 0.25) is 0 Å². The van der Waals surface area contributed by atoms with Crippen LogP contribution in [0.3, 0.4) is 0 Å². The number of benzene rings is 1. The van der Waals surface area contributed by atoms with Gasteiger partial charge in [-0.1, -0.05) is 13.8 Å². The van der Waals surface area contributed by atoms with E-state index in [1.165, 1.54) is 29.3 Å². The molecular weight excluding hydrogens is 264 g/mol. The van der Waals surface area contributed by atoms with E-state index in [1.807, 2.05) is 0 Å². The van der Waals surface area contributed by atoms with Crippen LogP contribution >= 0.6 is 11.8 Å². The van der Waals surface area contributed by atoms with E-state index in [4.69, 9.17) is 0 Å². The molecule has 2 nitrogen and oxygen atoms in total. The lowest BCUT2D eigenvalue weighted by Crippen LogP contribution is -2.35. The van der Waals surface area contributed by atoms with Gasteiger partial charge in [-0.2, -0.15) is 11.8 Å². The van der Waals surface area contributed by atoms with Crippen molar-refractivity contribution in [2.45, 2.75) is 40.2 Å². The minimum Gasteiger partial charge on any atom is -0.381 e. The zero-order valence-electron chi connectivity index (χ0n) is 13.3. The van der Waals surface area contributed by atoms with Crippen LogP contribution in [-0.4, -0.2) is 30.6 Å². The molecule has 0 bridgehead atoms. The van der Waals surface area contributed by atoms with Crippen molar-refractivity contribution in [3.05, 3.63) is 24.3 Å². The first-order valence-corrected chi connectivity index (χ1v) is 8.89. The Morgan fingerprint density at radius 3 is 2.40 bits per heavy atom. The number of rotatable bonds is 5. The smallest absolute Gasteiger partial charge is 0.0367 e. The summed E-state index contributed by atoms with van der Waals surface area (Å²) in [5.41, 5.74) is 3.03. The number of hydrogen-bond donors (Lipinski definition) is 1. The van der Waals surface area contributed by atoms with E-state index in [-0.39, 0.29) is 0 Å². The third-order valence-corrected chi connectivity index (χ3v) is 5.60. The van der Waals surface area contributed by atoms with Crippen LogP contribution < -0.4 is 10.2 Å². The lowest BCUT2D eigenvalue weighted by Gasteiger charge is -2.35. The molecule has 0 aliphatic carbocycles. The van der Waals surface area contributed by atoms with Gasteiger partial charge < -0.3 is 10.2 Å². The SMILES string of the molecule is CCN(CC)c1ccc(NC2CSCC(C)(C)C2)cc1. The van der Waals surface area contributed by atoms with Crippen molar-refractivity contribution in [3.63, 3.8) is 0 Å². The first-order chi connectivity index (χ1) is 9.54. The summed E-state index contributed by atoms with van der Waals surface area (Å²) >= 11 is 2.07. The maximum Gasteiger partial charge on any atom is 0.0367 e. The topological polar surface area (TPSA) is 15.3 Å². The minimum absolute atomic E-state index is 0.460. The van der Waals surface area contributed by atoms with E-state index in [0.29, 0.717) is 11.5 Å². The Labute approximate surface area is 128 Å². The first-order valence-electron chi connectivity index (χ1n) is 7.73. The van der Waals surface area contributed by atoms with E-state index in [9.17, 15) is 0 Å². The number of anilines is 2. The quantitative estimate of drug-likeness (QED) is 0.861. The highest BCUT2D eigenvalue weighted by molar-refractivity contribution is 7.99. The van der Waals surface area contributed by atoms with E-state index in [2.05, 4.69) is 73.9 Å². The highest BCUT2D eigenvalue weighted by Gasteiger charge is 2.28. The molecule has 1 aliphatic heterocycles. The number of hydrogen-bond acceptors (Lipinski definition) is 3. The second-order valence-corrected chi connectivity index (χ2v) is 7.47. The lowest BCUT2D eigenvalue weighted by atomic mass is 9.88. The van der Waals surface area contributed by atoms with Crippen molar-refractivity contribution < 1.29 is 0 Å². The van der Waals surface area contributed by atoms with Crippen molar-refractivity contribution in [1.29, 1.82) is 0 Å². The number of nitrogens with one attached hydrogen (secondary N) is 1. The van der Waals surface area contributed by atoms with Gasteiger partial charge in [0.15, 0.2) is 0 Å². The number of nitrogens with zero attached hydrogens (tertiary/aromatic N) is 1. The molecule has 1 fully saturated rings. The van der Waals surface area contributed by atoms with E-state index < -0.39 is 0 Å². The molecule has 1 atom stereocenters. The van der Waals surface area contributed by atoms with Crippen LogP contribution in [0.4, 0.5) is 11.4 Å². The molecule has 0 spiro atoms. The summed E-state index contributed by atoms with van der Waals surface area (Å²) in [6.07, 6.45) is 1.26. The third kappa shape index (κ3) is 4.08. The largest absolute Gasteiger partial charge is 0.381 e. The Balaban J connectivity index is 1.97. The summed E-state index contributed by atoms with van der Waals surface area (Å²) in [6.45, 7) is 11.3. The van der Waals surface area contributed by atoms with Crippen LogP contribution in [0, 0.1) is 5.41 Å². The van der Waals surface area contributed by atoms with Gasteiger partial charge in [-0.05, 0) is 55.7 Å². The van der Waals surface area contributed by atoms with Crippen LogP contribution in [0.15, 0.2) is 24.3 Å². The molecule has 1 N–H and O–H groups in total. The first kappa shape index (κ1) is 15.6. The molecule has 0 radical (unpaired) electrons. The minimum atomic E-state index is 0.460. The molecule has 1 heterocycles. The monoisotopic (exact) mass is 292 g/mol. The van der Waals surface area contributed by atoms with Gasteiger partial charge >= 0.3 is 0 Å².